The highest BCUT2D eigenvalue weighted by Gasteiger charge is 2.26. The average Bonchev–Trinajstić information content (AvgIpc) is 3.16. The SMILES string of the molecule is CCCCCN(CCCOC)C(=O)C(CCC(=O)OC)Cc1nc2cc(Cl)c(Cl)cc2[nH]1. The molecule has 2 rings (SSSR count). The standard InChI is InChI=1S/C23H33Cl2N3O4/c1-4-5-6-10-28(11-7-12-31-2)23(30)16(8-9-22(29)32-3)13-21-26-19-14-17(24)18(25)15-20(19)27-21/h14-16H,4-13H2,1-3H3,(H,26,27). The van der Waals surface area contributed by atoms with Gasteiger partial charge in [0.25, 0.3) is 0 Å². The Labute approximate surface area is 199 Å². The second-order valence-electron chi connectivity index (χ2n) is 7.86. The minimum atomic E-state index is -0.398. The lowest BCUT2D eigenvalue weighted by atomic mass is 9.96. The fraction of sp³-hybridized carbons (Fsp3) is 0.609. The number of carbonyl (C=O) groups excluding carboxylic acids is 2. The van der Waals surface area contributed by atoms with Crippen LogP contribution in [0.4, 0.5) is 0 Å². The molecule has 0 fully saturated rings. The molecule has 0 spiro atoms. The third-order valence-electron chi connectivity index (χ3n) is 5.41. The van der Waals surface area contributed by atoms with Gasteiger partial charge in [0.2, 0.25) is 5.91 Å². The Bertz CT molecular complexity index is 838. The van der Waals surface area contributed by atoms with Crippen LogP contribution in [0, 0.1) is 5.92 Å². The molecule has 7 nitrogen and oxygen atoms in total. The van der Waals surface area contributed by atoms with Crippen LogP contribution in [0.25, 0.3) is 11.0 Å². The van der Waals surface area contributed by atoms with Gasteiger partial charge in [-0.05, 0) is 31.4 Å². The number of nitrogens with one attached hydrogen (secondary N) is 1. The van der Waals surface area contributed by atoms with Crippen molar-refractivity contribution in [1.29, 1.82) is 0 Å². The molecule has 1 atom stereocenters. The van der Waals surface area contributed by atoms with Gasteiger partial charge in [0.15, 0.2) is 0 Å². The third-order valence-corrected chi connectivity index (χ3v) is 6.13. The van der Waals surface area contributed by atoms with E-state index < -0.39 is 5.92 Å². The van der Waals surface area contributed by atoms with Crippen LogP contribution >= 0.6 is 23.2 Å². The first-order valence-electron chi connectivity index (χ1n) is 11.1. The Balaban J connectivity index is 2.22. The van der Waals surface area contributed by atoms with E-state index in [0.717, 1.165) is 31.2 Å². The van der Waals surface area contributed by atoms with Gasteiger partial charge in [-0.3, -0.25) is 9.59 Å². The van der Waals surface area contributed by atoms with E-state index in [4.69, 9.17) is 32.7 Å². The van der Waals surface area contributed by atoms with Gasteiger partial charge in [-0.15, -0.1) is 0 Å². The van der Waals surface area contributed by atoms with Crippen molar-refractivity contribution in [2.24, 2.45) is 5.92 Å². The molecule has 1 aromatic heterocycles. The summed E-state index contributed by atoms with van der Waals surface area (Å²) in [5.74, 6) is -0.0442. The number of halogens is 2. The zero-order valence-electron chi connectivity index (χ0n) is 19.1. The van der Waals surface area contributed by atoms with Gasteiger partial charge in [0.05, 0.1) is 28.2 Å². The highest BCUT2D eigenvalue weighted by atomic mass is 35.5. The number of nitrogens with zero attached hydrogens (tertiary/aromatic N) is 2. The summed E-state index contributed by atoms with van der Waals surface area (Å²) in [7, 11) is 3.01. The summed E-state index contributed by atoms with van der Waals surface area (Å²) in [6.45, 7) is 4.04. The molecule has 178 valence electrons. The number of aromatic nitrogens is 2. The second-order valence-corrected chi connectivity index (χ2v) is 8.68. The second kappa shape index (κ2) is 13.7. The number of rotatable bonds is 14. The van der Waals surface area contributed by atoms with E-state index in [1.165, 1.54) is 7.11 Å². The fourth-order valence-electron chi connectivity index (χ4n) is 3.64. The van der Waals surface area contributed by atoms with E-state index >= 15 is 0 Å². The Hall–Kier alpha value is -1.83. The molecule has 0 saturated carbocycles. The van der Waals surface area contributed by atoms with Gasteiger partial charge < -0.3 is 19.4 Å². The Morgan fingerprint density at radius 2 is 1.84 bits per heavy atom. The number of fused-ring (bicyclic) bond motifs is 1. The molecule has 0 saturated heterocycles. The summed E-state index contributed by atoms with van der Waals surface area (Å²) < 4.78 is 9.96. The van der Waals surface area contributed by atoms with Crippen LogP contribution in [0.3, 0.4) is 0 Å². The van der Waals surface area contributed by atoms with Gasteiger partial charge >= 0.3 is 5.97 Å². The van der Waals surface area contributed by atoms with Crippen molar-refractivity contribution in [3.8, 4) is 0 Å². The number of hydrogen-bond donors (Lipinski definition) is 1. The predicted molar refractivity (Wildman–Crippen MR) is 127 cm³/mol. The Kier molecular flexibility index (Phi) is 11.3. The molecule has 1 aromatic carbocycles. The largest absolute Gasteiger partial charge is 0.469 e. The number of ether oxygens (including phenoxy) is 2. The molecule has 0 aliphatic carbocycles. The molecule has 1 heterocycles. The topological polar surface area (TPSA) is 84.5 Å². The first kappa shape index (κ1) is 26.4. The molecular formula is C23H33Cl2N3O4. The Morgan fingerprint density at radius 1 is 1.12 bits per heavy atom. The van der Waals surface area contributed by atoms with Crippen molar-refractivity contribution in [3.63, 3.8) is 0 Å². The highest BCUT2D eigenvalue weighted by Crippen LogP contribution is 2.27. The molecule has 0 aliphatic heterocycles. The molecule has 1 unspecified atom stereocenters. The number of hydrogen-bond acceptors (Lipinski definition) is 5. The third kappa shape index (κ3) is 7.94. The lowest BCUT2D eigenvalue weighted by Crippen LogP contribution is -2.39. The normalized spacial score (nSPS) is 12.2. The van der Waals surface area contributed by atoms with Gasteiger partial charge in [-0.2, -0.15) is 0 Å². The first-order valence-corrected chi connectivity index (χ1v) is 11.8. The van der Waals surface area contributed by atoms with Crippen molar-refractivity contribution in [2.75, 3.05) is 33.9 Å². The summed E-state index contributed by atoms with van der Waals surface area (Å²) in [6, 6.07) is 3.43. The van der Waals surface area contributed by atoms with E-state index in [2.05, 4.69) is 16.9 Å². The monoisotopic (exact) mass is 485 g/mol. The van der Waals surface area contributed by atoms with Crippen LogP contribution in [-0.2, 0) is 25.5 Å². The van der Waals surface area contributed by atoms with Crippen molar-refractivity contribution in [1.82, 2.24) is 14.9 Å². The zero-order valence-corrected chi connectivity index (χ0v) is 20.6. The maximum atomic E-state index is 13.5. The summed E-state index contributed by atoms with van der Waals surface area (Å²) >= 11 is 12.2. The lowest BCUT2D eigenvalue weighted by molar-refractivity contribution is -0.141. The van der Waals surface area contributed by atoms with Crippen molar-refractivity contribution >= 4 is 46.1 Å². The van der Waals surface area contributed by atoms with E-state index in [1.54, 1.807) is 19.2 Å². The van der Waals surface area contributed by atoms with E-state index in [1.807, 2.05) is 4.90 Å². The van der Waals surface area contributed by atoms with Gasteiger partial charge in [-0.25, -0.2) is 4.98 Å². The molecule has 0 aliphatic rings. The molecule has 0 radical (unpaired) electrons. The smallest absolute Gasteiger partial charge is 0.305 e. The predicted octanol–water partition coefficient (Wildman–Crippen LogP) is 5.04. The number of amides is 1. The number of H-pyrrole nitrogens is 1. The zero-order chi connectivity index (χ0) is 23.5. The summed E-state index contributed by atoms with van der Waals surface area (Å²) in [5.41, 5.74) is 1.45. The van der Waals surface area contributed by atoms with Crippen molar-refractivity contribution in [2.45, 2.75) is 51.9 Å². The minimum Gasteiger partial charge on any atom is -0.469 e. The number of carbonyl (C=O) groups is 2. The number of imidazole rings is 1. The van der Waals surface area contributed by atoms with Crippen LogP contribution in [0.1, 0.15) is 51.3 Å². The average molecular weight is 486 g/mol. The van der Waals surface area contributed by atoms with Crippen LogP contribution in [0.5, 0.6) is 0 Å². The number of methoxy groups -OCH3 is 2. The van der Waals surface area contributed by atoms with Crippen LogP contribution in [-0.4, -0.2) is 60.7 Å². The summed E-state index contributed by atoms with van der Waals surface area (Å²) in [4.78, 5) is 35.0. The maximum absolute atomic E-state index is 13.5. The van der Waals surface area contributed by atoms with Crippen molar-refractivity contribution < 1.29 is 19.1 Å². The van der Waals surface area contributed by atoms with E-state index in [9.17, 15) is 9.59 Å². The molecule has 32 heavy (non-hydrogen) atoms. The Morgan fingerprint density at radius 3 is 2.53 bits per heavy atom. The summed E-state index contributed by atoms with van der Waals surface area (Å²) in [6.07, 6.45) is 4.79. The van der Waals surface area contributed by atoms with E-state index in [-0.39, 0.29) is 18.3 Å². The molecule has 1 N–H and O–H groups in total. The quantitative estimate of drug-likeness (QED) is 0.299. The molecule has 9 heteroatoms. The van der Waals surface area contributed by atoms with Gasteiger partial charge in [0.1, 0.15) is 5.82 Å². The molecular weight excluding hydrogens is 453 g/mol. The highest BCUT2D eigenvalue weighted by molar-refractivity contribution is 6.42. The van der Waals surface area contributed by atoms with Crippen LogP contribution < -0.4 is 0 Å². The number of benzene rings is 1. The van der Waals surface area contributed by atoms with Crippen molar-refractivity contribution in [3.05, 3.63) is 28.0 Å². The fourth-order valence-corrected chi connectivity index (χ4v) is 3.96. The van der Waals surface area contributed by atoms with Gasteiger partial charge in [0, 0.05) is 45.6 Å². The summed E-state index contributed by atoms with van der Waals surface area (Å²) in [5, 5.41) is 0.865. The minimum absolute atomic E-state index is 0.0256. The van der Waals surface area contributed by atoms with Crippen LogP contribution in [0.2, 0.25) is 10.0 Å². The van der Waals surface area contributed by atoms with Crippen LogP contribution in [0.15, 0.2) is 12.1 Å². The number of esters is 1. The molecule has 0 bridgehead atoms. The molecule has 2 aromatic rings. The van der Waals surface area contributed by atoms with E-state index in [0.29, 0.717) is 53.9 Å². The molecule has 1 amide bonds. The number of unbranched alkanes of at least 4 members (excludes halogenated alkanes) is 2. The maximum Gasteiger partial charge on any atom is 0.305 e. The first-order chi connectivity index (χ1) is 15.4. The van der Waals surface area contributed by atoms with Gasteiger partial charge in [-0.1, -0.05) is 43.0 Å². The number of aromatic amines is 1. The lowest BCUT2D eigenvalue weighted by Gasteiger charge is -2.27.